The molecule has 2 aromatic heterocycles. The van der Waals surface area contributed by atoms with E-state index < -0.39 is 0 Å². The zero-order valence-electron chi connectivity index (χ0n) is 13.8. The largest absolute Gasteiger partial charge is 0.392 e. The van der Waals surface area contributed by atoms with Crippen LogP contribution in [-0.2, 0) is 6.54 Å². The van der Waals surface area contributed by atoms with Gasteiger partial charge in [-0.3, -0.25) is 9.30 Å². The first-order chi connectivity index (χ1) is 10.6. The molecule has 5 heteroatoms. The molecule has 0 spiro atoms. The Bertz CT molecular complexity index is 651. The molecule has 3 heterocycles. The lowest BCUT2D eigenvalue weighted by molar-refractivity contribution is 0.0190. The first kappa shape index (κ1) is 15.4. The minimum absolute atomic E-state index is 0.237. The van der Waals surface area contributed by atoms with Crippen LogP contribution in [0, 0.1) is 13.8 Å². The van der Waals surface area contributed by atoms with Gasteiger partial charge in [0.15, 0.2) is 0 Å². The number of aromatic nitrogens is 3. The Morgan fingerprint density at radius 3 is 2.91 bits per heavy atom. The van der Waals surface area contributed by atoms with Gasteiger partial charge in [0.05, 0.1) is 11.8 Å². The van der Waals surface area contributed by atoms with Crippen LogP contribution in [0.2, 0.25) is 0 Å². The molecule has 1 saturated heterocycles. The summed E-state index contributed by atoms with van der Waals surface area (Å²) in [5.41, 5.74) is 3.20. The molecule has 0 bridgehead atoms. The summed E-state index contributed by atoms with van der Waals surface area (Å²) in [7, 11) is 0. The van der Waals surface area contributed by atoms with Gasteiger partial charge in [-0.25, -0.2) is 9.97 Å². The third-order valence-electron chi connectivity index (χ3n) is 4.70. The lowest BCUT2D eigenvalue weighted by atomic mass is 9.96. The summed E-state index contributed by atoms with van der Waals surface area (Å²) in [5.74, 6) is 0.775. The maximum Gasteiger partial charge on any atom is 0.234 e. The van der Waals surface area contributed by atoms with Gasteiger partial charge in [-0.05, 0) is 45.7 Å². The monoisotopic (exact) mass is 302 g/mol. The zero-order chi connectivity index (χ0) is 15.7. The van der Waals surface area contributed by atoms with Gasteiger partial charge >= 0.3 is 0 Å². The van der Waals surface area contributed by atoms with E-state index >= 15 is 0 Å². The van der Waals surface area contributed by atoms with Crippen LogP contribution in [0.3, 0.4) is 0 Å². The highest BCUT2D eigenvalue weighted by Gasteiger charge is 2.28. The van der Waals surface area contributed by atoms with E-state index in [1.54, 1.807) is 0 Å². The number of nitrogens with zero attached hydrogens (tertiary/aromatic N) is 4. The quantitative estimate of drug-likeness (QED) is 0.942. The summed E-state index contributed by atoms with van der Waals surface area (Å²) in [6.45, 7) is 7.97. The van der Waals surface area contributed by atoms with Crippen LogP contribution >= 0.6 is 0 Å². The molecule has 2 unspecified atom stereocenters. The van der Waals surface area contributed by atoms with Crippen molar-refractivity contribution in [3.63, 3.8) is 0 Å². The molecule has 1 aliphatic heterocycles. The van der Waals surface area contributed by atoms with Crippen molar-refractivity contribution in [1.82, 2.24) is 19.3 Å². The van der Waals surface area contributed by atoms with Gasteiger partial charge in [0.2, 0.25) is 5.78 Å². The number of rotatable bonds is 4. The second kappa shape index (κ2) is 6.34. The number of aliphatic hydroxyl groups excluding tert-OH is 1. The molecule has 0 aromatic carbocycles. The lowest BCUT2D eigenvalue weighted by Crippen LogP contribution is -2.46. The highest BCUT2D eigenvalue weighted by Crippen LogP contribution is 2.23. The normalized spacial score (nSPS) is 21.4. The Morgan fingerprint density at radius 1 is 1.32 bits per heavy atom. The maximum atomic E-state index is 10.3. The first-order valence-electron chi connectivity index (χ1n) is 8.33. The fourth-order valence-electron chi connectivity index (χ4n) is 3.52. The van der Waals surface area contributed by atoms with Crippen molar-refractivity contribution < 1.29 is 5.11 Å². The van der Waals surface area contributed by atoms with Gasteiger partial charge < -0.3 is 5.11 Å². The van der Waals surface area contributed by atoms with Gasteiger partial charge in [0, 0.05) is 30.2 Å². The highest BCUT2D eigenvalue weighted by atomic mass is 16.3. The molecule has 5 nitrogen and oxygen atoms in total. The molecular weight excluding hydrogens is 276 g/mol. The van der Waals surface area contributed by atoms with Crippen molar-refractivity contribution in [3.05, 3.63) is 29.3 Å². The molecule has 1 N–H and O–H groups in total. The Labute approximate surface area is 132 Å². The van der Waals surface area contributed by atoms with Crippen LogP contribution in [0.5, 0.6) is 0 Å². The summed E-state index contributed by atoms with van der Waals surface area (Å²) >= 11 is 0. The third kappa shape index (κ3) is 3.01. The summed E-state index contributed by atoms with van der Waals surface area (Å²) < 4.78 is 2.05. The van der Waals surface area contributed by atoms with Crippen molar-refractivity contribution in [3.8, 4) is 0 Å². The molecule has 3 rings (SSSR count). The number of imidazole rings is 1. The standard InChI is InChI=1S/C17H26N4O/c1-4-16(22)15-7-5-6-8-20(15)10-14-11-21-13(3)9-12(2)18-17(21)19-14/h9,11,15-16,22H,4-8,10H2,1-3H3. The molecule has 120 valence electrons. The van der Waals surface area contributed by atoms with Crippen molar-refractivity contribution in [2.45, 2.75) is 65.1 Å². The number of hydrogen-bond donors (Lipinski definition) is 1. The van der Waals surface area contributed by atoms with Gasteiger partial charge in [-0.2, -0.15) is 0 Å². The maximum absolute atomic E-state index is 10.3. The third-order valence-corrected chi connectivity index (χ3v) is 4.70. The van der Waals surface area contributed by atoms with Crippen molar-refractivity contribution in [1.29, 1.82) is 0 Å². The van der Waals surface area contributed by atoms with Crippen LogP contribution in [0.25, 0.3) is 5.78 Å². The Morgan fingerprint density at radius 2 is 2.14 bits per heavy atom. The predicted molar refractivity (Wildman–Crippen MR) is 86.8 cm³/mol. The van der Waals surface area contributed by atoms with E-state index in [1.165, 1.54) is 12.8 Å². The van der Waals surface area contributed by atoms with E-state index in [9.17, 15) is 5.11 Å². The second-order valence-electron chi connectivity index (χ2n) is 6.45. The second-order valence-corrected chi connectivity index (χ2v) is 6.45. The SMILES string of the molecule is CCC(O)C1CCCCN1Cc1cn2c(C)cc(C)nc2n1. The van der Waals surface area contributed by atoms with Crippen LogP contribution in [0.15, 0.2) is 12.3 Å². The number of hydrogen-bond acceptors (Lipinski definition) is 4. The van der Waals surface area contributed by atoms with E-state index in [-0.39, 0.29) is 12.1 Å². The molecule has 0 amide bonds. The molecule has 1 fully saturated rings. The van der Waals surface area contributed by atoms with Crippen LogP contribution < -0.4 is 0 Å². The van der Waals surface area contributed by atoms with Crippen LogP contribution in [0.1, 0.15) is 49.7 Å². The van der Waals surface area contributed by atoms with E-state index in [2.05, 4.69) is 45.4 Å². The zero-order valence-corrected chi connectivity index (χ0v) is 13.8. The van der Waals surface area contributed by atoms with E-state index in [4.69, 9.17) is 0 Å². The van der Waals surface area contributed by atoms with Gasteiger partial charge in [0.1, 0.15) is 0 Å². The number of piperidine rings is 1. The molecule has 1 aliphatic rings. The summed E-state index contributed by atoms with van der Waals surface area (Å²) in [4.78, 5) is 11.6. The fraction of sp³-hybridized carbons (Fsp3) is 0.647. The molecule has 2 atom stereocenters. The van der Waals surface area contributed by atoms with Crippen LogP contribution in [-0.4, -0.2) is 43.1 Å². The smallest absolute Gasteiger partial charge is 0.234 e. The van der Waals surface area contributed by atoms with E-state index in [0.29, 0.717) is 0 Å². The van der Waals surface area contributed by atoms with Gasteiger partial charge in [0.25, 0.3) is 0 Å². The molecule has 0 aliphatic carbocycles. The Kier molecular flexibility index (Phi) is 4.45. The average Bonchev–Trinajstić information content (AvgIpc) is 2.89. The molecule has 2 aromatic rings. The number of aliphatic hydroxyl groups is 1. The minimum Gasteiger partial charge on any atom is -0.392 e. The minimum atomic E-state index is -0.237. The van der Waals surface area contributed by atoms with Gasteiger partial charge in [-0.1, -0.05) is 13.3 Å². The molecule has 0 radical (unpaired) electrons. The Hall–Kier alpha value is -1.46. The topological polar surface area (TPSA) is 53.7 Å². The molecular formula is C17H26N4O. The number of aryl methyl sites for hydroxylation is 2. The van der Waals surface area contributed by atoms with Crippen molar-refractivity contribution in [2.75, 3.05) is 6.54 Å². The van der Waals surface area contributed by atoms with Crippen molar-refractivity contribution in [2.24, 2.45) is 0 Å². The van der Waals surface area contributed by atoms with E-state index in [1.807, 2.05) is 6.92 Å². The molecule has 0 saturated carbocycles. The predicted octanol–water partition coefficient (Wildman–Crippen LogP) is 2.47. The first-order valence-corrected chi connectivity index (χ1v) is 8.33. The van der Waals surface area contributed by atoms with Crippen LogP contribution in [0.4, 0.5) is 0 Å². The van der Waals surface area contributed by atoms with Gasteiger partial charge in [-0.15, -0.1) is 0 Å². The number of likely N-dealkylation sites (tertiary alicyclic amines) is 1. The lowest BCUT2D eigenvalue weighted by Gasteiger charge is -2.37. The van der Waals surface area contributed by atoms with E-state index in [0.717, 1.165) is 48.8 Å². The average molecular weight is 302 g/mol. The highest BCUT2D eigenvalue weighted by molar-refractivity contribution is 5.34. The summed E-state index contributed by atoms with van der Waals surface area (Å²) in [5, 5.41) is 10.3. The van der Waals surface area contributed by atoms with Crippen molar-refractivity contribution >= 4 is 5.78 Å². The summed E-state index contributed by atoms with van der Waals surface area (Å²) in [6.07, 6.45) is 6.16. The number of fused-ring (bicyclic) bond motifs is 1. The molecule has 22 heavy (non-hydrogen) atoms. The summed E-state index contributed by atoms with van der Waals surface area (Å²) in [6, 6.07) is 2.34. The fourth-order valence-corrected chi connectivity index (χ4v) is 3.52. The Balaban J connectivity index is 1.83.